The Morgan fingerprint density at radius 3 is 1.78 bits per heavy atom. The number of esters is 1. The Balaban J connectivity index is 0.658. The third kappa shape index (κ3) is 26.3. The number of carbonyl (C=O) groups excluding carboxylic acids is 5. The number of phosphoric acid groups is 1. The van der Waals surface area contributed by atoms with Crippen LogP contribution in [0.25, 0.3) is 33.4 Å². The van der Waals surface area contributed by atoms with Crippen molar-refractivity contribution in [1.29, 1.82) is 0 Å². The molecule has 2 atom stereocenters. The lowest BCUT2D eigenvalue weighted by molar-refractivity contribution is -0.147. The molecule has 4 aromatic rings. The lowest BCUT2D eigenvalue weighted by atomic mass is 9.93. The van der Waals surface area contributed by atoms with Crippen LogP contribution in [0.2, 0.25) is 0 Å². The van der Waals surface area contributed by atoms with Gasteiger partial charge in [0.25, 0.3) is 11.8 Å². The van der Waals surface area contributed by atoms with Crippen molar-refractivity contribution < 1.29 is 80.8 Å². The fourth-order valence-corrected chi connectivity index (χ4v) is 9.34. The summed E-state index contributed by atoms with van der Waals surface area (Å²) in [7, 11) is -0.654. The molecule has 0 aromatic heterocycles. The molecule has 0 saturated heterocycles. The Morgan fingerprint density at radius 1 is 0.573 bits per heavy atom. The highest BCUT2D eigenvalue weighted by Gasteiger charge is 2.24. The van der Waals surface area contributed by atoms with Gasteiger partial charge in [0.2, 0.25) is 11.8 Å². The van der Waals surface area contributed by atoms with Gasteiger partial charge in [-0.25, -0.2) is 4.57 Å². The third-order valence-corrected chi connectivity index (χ3v) is 14.3. The molecule has 0 spiro atoms. The number of aromatic hydroxyl groups is 1. The van der Waals surface area contributed by atoms with Gasteiger partial charge in [-0.1, -0.05) is 25.0 Å². The number of phenolic OH excluding ortho intramolecular Hbond substituents is 1. The molecule has 4 amide bonds. The predicted molar refractivity (Wildman–Crippen MR) is 332 cm³/mol. The van der Waals surface area contributed by atoms with Crippen LogP contribution in [0, 0.1) is 0 Å². The van der Waals surface area contributed by atoms with Gasteiger partial charge in [-0.2, -0.15) is 10.2 Å². The van der Waals surface area contributed by atoms with Crippen molar-refractivity contribution >= 4 is 65.5 Å². The third-order valence-electron chi connectivity index (χ3n) is 13.3. The molecule has 0 radical (unpaired) electrons. The van der Waals surface area contributed by atoms with E-state index in [0.717, 1.165) is 46.3 Å². The van der Waals surface area contributed by atoms with E-state index >= 15 is 0 Å². The van der Waals surface area contributed by atoms with Gasteiger partial charge >= 0.3 is 13.8 Å². The number of anilines is 1. The lowest BCUT2D eigenvalue weighted by Gasteiger charge is -2.15. The van der Waals surface area contributed by atoms with E-state index in [9.17, 15) is 48.4 Å². The van der Waals surface area contributed by atoms with Crippen LogP contribution < -0.4 is 31.6 Å². The summed E-state index contributed by atoms with van der Waals surface area (Å²) >= 11 is 0. The van der Waals surface area contributed by atoms with E-state index in [-0.39, 0.29) is 93.8 Å². The van der Waals surface area contributed by atoms with Crippen molar-refractivity contribution in [1.82, 2.24) is 21.3 Å². The number of unbranched alkanes of at least 4 members (excludes halogenated alkanes) is 4. The minimum absolute atomic E-state index is 0.0228. The maximum Gasteiger partial charge on any atom is 0.472 e. The number of azo groups is 1. The normalized spacial score (nSPS) is 12.4. The topological polar surface area (TPSA) is 334 Å². The van der Waals surface area contributed by atoms with Crippen molar-refractivity contribution in [3.05, 3.63) is 131 Å². The molecule has 6 rings (SSSR count). The van der Waals surface area contributed by atoms with Gasteiger partial charge in [-0.3, -0.25) is 37.8 Å². The predicted octanol–water partition coefficient (Wildman–Crippen LogP) is 7.76. The first-order valence-electron chi connectivity index (χ1n) is 29.5. The maximum atomic E-state index is 12.8. The Hall–Kier alpha value is -7.97. The number of aliphatic hydroxyl groups excluding tert-OH is 1. The van der Waals surface area contributed by atoms with E-state index in [1.807, 2.05) is 55.4 Å². The molecule has 7 N–H and O–H groups in total. The quantitative estimate of drug-likeness (QED) is 0.00633. The number of phosphoric ester groups is 1. The number of nitrogens with zero attached hydrogens (tertiary/aromatic N) is 3. The molecule has 0 fully saturated rings. The molecule has 2 unspecified atom stereocenters. The number of hydrogen-bond acceptors (Lipinski definition) is 20. The molecule has 1 aliphatic carbocycles. The molecule has 2 aliphatic rings. The van der Waals surface area contributed by atoms with Crippen LogP contribution in [0.1, 0.15) is 78.5 Å². The zero-order chi connectivity index (χ0) is 63.6. The van der Waals surface area contributed by atoms with E-state index in [0.29, 0.717) is 99.8 Å². The van der Waals surface area contributed by atoms with Gasteiger partial charge in [0.05, 0.1) is 77.4 Å². The maximum absolute atomic E-state index is 12.8. The van der Waals surface area contributed by atoms with Crippen LogP contribution in [0.5, 0.6) is 5.75 Å². The molecular weight excluding hydrogens is 1170 g/mol. The second-order valence-corrected chi connectivity index (χ2v) is 22.0. The fourth-order valence-electron chi connectivity index (χ4n) is 8.58. The van der Waals surface area contributed by atoms with Gasteiger partial charge in [-0.05, 0) is 116 Å². The number of amides is 4. The van der Waals surface area contributed by atoms with E-state index in [2.05, 4.69) is 31.5 Å². The zero-order valence-corrected chi connectivity index (χ0v) is 51.1. The largest absolute Gasteiger partial charge is 0.508 e. The van der Waals surface area contributed by atoms with Crippen LogP contribution >= 0.6 is 7.82 Å². The number of hydrogen-bond donors (Lipinski definition) is 7. The summed E-state index contributed by atoms with van der Waals surface area (Å²) in [5.74, 6) is -1.06. The van der Waals surface area contributed by atoms with Crippen LogP contribution in [-0.4, -0.2) is 164 Å². The van der Waals surface area contributed by atoms with Crippen LogP contribution in [0.15, 0.2) is 129 Å². The fraction of sp³-hybridized carbons (Fsp3) is 0.429. The molecular formula is C63H80N7O18P. The SMILES string of the molecule is CN(C)c1ccc(N=Nc2ccc(C(=O)NCCCCCC(=O)NCCCCCC(=O)OCC(O)COP(=O)(O)OCCNC(=O)CCOCCOCCOCCOCCNC(=O)c3ccc(-c4c5ccc(=O)cc-5oc5cc(O)ccc45)cc3)cc2)cc1. The standard InChI is InChI=1S/C63H80N7O18P/c1-70(2)50-21-19-49(20-22-50)69-68-48-17-15-47(16-18-48)62(77)66-29-8-3-5-9-58(74)64-28-7-4-6-10-60(76)85-43-53(73)44-87-89(79,80)86-34-31-65-59(75)27-32-81-35-37-83-39-40-84-38-36-82-33-30-67-63(78)46-13-11-45(12-14-46)61-54-25-23-51(71)41-56(54)88-57-42-52(72)24-26-55(57)61/h11-26,41-42,53,71,73H,3-10,27-40,43-44H2,1-2H3,(H,64,74)(H,65,75)(H,66,77)(H,67,78)(H,79,80). The number of nitrogens with one attached hydrogen (secondary N) is 4. The smallest absolute Gasteiger partial charge is 0.472 e. The molecule has 1 heterocycles. The van der Waals surface area contributed by atoms with E-state index < -0.39 is 33.1 Å². The first-order chi connectivity index (χ1) is 43.0. The number of aliphatic hydroxyl groups is 1. The summed E-state index contributed by atoms with van der Waals surface area (Å²) in [5.41, 5.74) is 5.95. The minimum atomic E-state index is -4.59. The van der Waals surface area contributed by atoms with Gasteiger partial charge in [0, 0.05) is 105 Å². The van der Waals surface area contributed by atoms with Gasteiger partial charge in [-0.15, -0.1) is 0 Å². The highest BCUT2D eigenvalue weighted by atomic mass is 31.2. The summed E-state index contributed by atoms with van der Waals surface area (Å²) < 4.78 is 54.7. The number of fused-ring (bicyclic) bond motifs is 2. The number of benzene rings is 5. The number of carbonyl (C=O) groups is 5. The summed E-state index contributed by atoms with van der Waals surface area (Å²) in [6.45, 7) is 1.82. The Labute approximate surface area is 516 Å². The number of rotatable bonds is 42. The van der Waals surface area contributed by atoms with Crippen molar-refractivity contribution in [2.24, 2.45) is 10.2 Å². The van der Waals surface area contributed by atoms with Crippen molar-refractivity contribution in [2.75, 3.05) is 118 Å². The Morgan fingerprint density at radius 2 is 1.12 bits per heavy atom. The first kappa shape index (κ1) is 70.1. The summed E-state index contributed by atoms with van der Waals surface area (Å²) in [5, 5.41) is 40.5. The average molecular weight is 1250 g/mol. The van der Waals surface area contributed by atoms with Crippen LogP contribution in [-0.2, 0) is 51.7 Å². The molecule has 1 aliphatic heterocycles. The Bertz CT molecular complexity index is 3270. The molecule has 0 bridgehead atoms. The highest BCUT2D eigenvalue weighted by Crippen LogP contribution is 2.43. The molecule has 0 saturated carbocycles. The summed E-state index contributed by atoms with van der Waals surface area (Å²) in [4.78, 5) is 85.9. The monoisotopic (exact) mass is 1250 g/mol. The first-order valence-corrected chi connectivity index (χ1v) is 31.0. The molecule has 4 aromatic carbocycles. The minimum Gasteiger partial charge on any atom is -0.508 e. The molecule has 89 heavy (non-hydrogen) atoms. The molecule has 25 nitrogen and oxygen atoms in total. The summed E-state index contributed by atoms with van der Waals surface area (Å²) in [6.07, 6.45) is 3.03. The van der Waals surface area contributed by atoms with Crippen LogP contribution in [0.3, 0.4) is 0 Å². The van der Waals surface area contributed by atoms with Crippen molar-refractivity contribution in [2.45, 2.75) is 63.9 Å². The number of phenols is 1. The summed E-state index contributed by atoms with van der Waals surface area (Å²) in [6, 6.07) is 31.0. The highest BCUT2D eigenvalue weighted by molar-refractivity contribution is 7.47. The average Bonchev–Trinajstić information content (AvgIpc) is 1.17. The Kier molecular flexibility index (Phi) is 30.3. The second kappa shape index (κ2) is 38.4. The molecule has 480 valence electrons. The van der Waals surface area contributed by atoms with Gasteiger partial charge < -0.3 is 69.4 Å². The van der Waals surface area contributed by atoms with Crippen molar-refractivity contribution in [3.8, 4) is 28.2 Å². The van der Waals surface area contributed by atoms with Gasteiger partial charge in [0.1, 0.15) is 29.8 Å². The van der Waals surface area contributed by atoms with Crippen LogP contribution in [0.4, 0.5) is 17.1 Å². The van der Waals surface area contributed by atoms with E-state index in [1.165, 1.54) is 18.2 Å². The van der Waals surface area contributed by atoms with Gasteiger partial charge in [0.15, 0.2) is 5.43 Å². The molecule has 26 heteroatoms. The van der Waals surface area contributed by atoms with E-state index in [4.69, 9.17) is 37.1 Å². The lowest BCUT2D eigenvalue weighted by Crippen LogP contribution is -2.28. The van der Waals surface area contributed by atoms with Crippen molar-refractivity contribution in [3.63, 3.8) is 0 Å². The van der Waals surface area contributed by atoms with E-state index in [1.54, 1.807) is 54.6 Å². The number of ether oxygens (including phenoxy) is 5. The zero-order valence-electron chi connectivity index (χ0n) is 50.2. The second-order valence-electron chi connectivity index (χ2n) is 20.5.